The number of aromatic amines is 1. The minimum atomic E-state index is -4.22. The minimum Gasteiger partial charge on any atom is -0.497 e. The number of halogens is 3. The van der Waals surface area contributed by atoms with E-state index in [9.17, 15) is 22.8 Å². The average Bonchev–Trinajstić information content (AvgIpc) is 3.26. The molecule has 0 bridgehead atoms. The van der Waals surface area contributed by atoms with Gasteiger partial charge in [0, 0.05) is 12.8 Å². The molecule has 0 saturated heterocycles. The van der Waals surface area contributed by atoms with Crippen molar-refractivity contribution in [2.24, 2.45) is 0 Å². The van der Waals surface area contributed by atoms with E-state index in [1.54, 1.807) is 55.6 Å². The predicted molar refractivity (Wildman–Crippen MR) is 124 cm³/mol. The first kappa shape index (κ1) is 25.0. The molecule has 1 aliphatic heterocycles. The molecule has 1 aromatic heterocycles. The Hall–Kier alpha value is -4.09. The Morgan fingerprint density at radius 1 is 1.06 bits per heavy atom. The molecule has 0 unspecified atom stereocenters. The smallest absolute Gasteiger partial charge is 0.389 e. The molecule has 0 aliphatic carbocycles. The molecule has 9 nitrogen and oxygen atoms in total. The number of hydrogen-bond acceptors (Lipinski definition) is 6. The number of carbonyl (C=O) groups is 1. The van der Waals surface area contributed by atoms with Crippen LogP contribution >= 0.6 is 0 Å². The maximum absolute atomic E-state index is 13.3. The van der Waals surface area contributed by atoms with E-state index in [-0.39, 0.29) is 18.7 Å². The number of methoxy groups -OCH3 is 1. The summed E-state index contributed by atoms with van der Waals surface area (Å²) in [6.07, 6.45) is -4.95. The summed E-state index contributed by atoms with van der Waals surface area (Å²) in [5.74, 6) is 0.541. The first-order valence-electron chi connectivity index (χ1n) is 11.1. The lowest BCUT2D eigenvalue weighted by Crippen LogP contribution is -2.49. The molecule has 2 N–H and O–H groups in total. The number of ether oxygens (including phenoxy) is 2. The zero-order chi connectivity index (χ0) is 25.9. The molecule has 0 spiro atoms. The van der Waals surface area contributed by atoms with E-state index >= 15 is 0 Å². The number of rotatable bonds is 8. The van der Waals surface area contributed by atoms with Crippen molar-refractivity contribution in [1.29, 1.82) is 0 Å². The summed E-state index contributed by atoms with van der Waals surface area (Å²) in [6, 6.07) is 13.9. The van der Waals surface area contributed by atoms with Crippen LogP contribution in [-0.2, 0) is 10.3 Å². The van der Waals surface area contributed by atoms with Crippen molar-refractivity contribution in [2.45, 2.75) is 37.9 Å². The van der Waals surface area contributed by atoms with Crippen LogP contribution in [0.25, 0.3) is 11.3 Å². The number of aromatic nitrogens is 4. The van der Waals surface area contributed by atoms with Gasteiger partial charge in [0.25, 0.3) is 5.91 Å². The highest BCUT2D eigenvalue weighted by Gasteiger charge is 2.39. The van der Waals surface area contributed by atoms with Crippen molar-refractivity contribution in [3.8, 4) is 11.5 Å². The van der Waals surface area contributed by atoms with Gasteiger partial charge in [-0.25, -0.2) is 9.89 Å². The van der Waals surface area contributed by atoms with E-state index in [2.05, 4.69) is 20.8 Å². The van der Waals surface area contributed by atoms with Gasteiger partial charge in [-0.3, -0.25) is 4.79 Å². The number of nitrogens with zero attached hydrogens (tertiary/aromatic N) is 3. The molecule has 190 valence electrons. The zero-order valence-corrected chi connectivity index (χ0v) is 19.6. The third kappa shape index (κ3) is 5.42. The van der Waals surface area contributed by atoms with Gasteiger partial charge in [0.05, 0.1) is 19.3 Å². The summed E-state index contributed by atoms with van der Waals surface area (Å²) >= 11 is 0. The topological polar surface area (TPSA) is 111 Å². The summed E-state index contributed by atoms with van der Waals surface area (Å²) in [6.45, 7) is 1.78. The van der Waals surface area contributed by atoms with E-state index in [4.69, 9.17) is 9.47 Å². The standard InChI is InChI=1S/C24H24F3N5O4/c1-23(16-6-10-18(11-7-16)36-13-3-12-24(25,26)27)14-19(15-4-8-17(35-2)9-5-15)20(21(33)28-23)32-22(34)29-30-31-32/h4-11H,3,12-14H2,1-2H3,(H,28,33)(H,29,31,34)/t23-/m0/s1. The minimum absolute atomic E-state index is 0.0565. The summed E-state index contributed by atoms with van der Waals surface area (Å²) in [4.78, 5) is 25.6. The number of benzene rings is 2. The number of nitrogens with one attached hydrogen (secondary N) is 2. The molecule has 1 aliphatic rings. The summed E-state index contributed by atoms with van der Waals surface area (Å²) in [5, 5.41) is 12.4. The Labute approximate surface area is 203 Å². The van der Waals surface area contributed by atoms with Gasteiger partial charge in [0.2, 0.25) is 0 Å². The highest BCUT2D eigenvalue weighted by molar-refractivity contribution is 6.22. The van der Waals surface area contributed by atoms with Gasteiger partial charge in [-0.05, 0) is 64.7 Å². The Morgan fingerprint density at radius 2 is 1.72 bits per heavy atom. The molecule has 2 aromatic carbocycles. The van der Waals surface area contributed by atoms with E-state index in [0.717, 1.165) is 10.2 Å². The number of carbonyl (C=O) groups excluding carboxylic acids is 1. The van der Waals surface area contributed by atoms with Crippen LogP contribution in [0.1, 0.15) is 37.3 Å². The van der Waals surface area contributed by atoms with Gasteiger partial charge in [0.15, 0.2) is 0 Å². The molecular formula is C24H24F3N5O4. The molecule has 4 rings (SSSR count). The number of hydrogen-bond donors (Lipinski definition) is 2. The zero-order valence-electron chi connectivity index (χ0n) is 19.6. The first-order chi connectivity index (χ1) is 17.1. The van der Waals surface area contributed by atoms with Gasteiger partial charge in [0.1, 0.15) is 17.2 Å². The number of H-pyrrole nitrogens is 1. The van der Waals surface area contributed by atoms with Crippen LogP contribution in [0.3, 0.4) is 0 Å². The van der Waals surface area contributed by atoms with Gasteiger partial charge < -0.3 is 14.8 Å². The molecule has 1 amide bonds. The highest BCUT2D eigenvalue weighted by Crippen LogP contribution is 2.40. The largest absolute Gasteiger partial charge is 0.497 e. The van der Waals surface area contributed by atoms with Crippen molar-refractivity contribution in [1.82, 2.24) is 25.5 Å². The lowest BCUT2D eigenvalue weighted by molar-refractivity contribution is -0.136. The molecule has 3 aromatic rings. The number of alkyl halides is 3. The van der Waals surface area contributed by atoms with Crippen molar-refractivity contribution >= 4 is 17.2 Å². The fourth-order valence-electron chi connectivity index (χ4n) is 4.08. The molecule has 0 radical (unpaired) electrons. The van der Waals surface area contributed by atoms with Crippen LogP contribution < -0.4 is 20.5 Å². The van der Waals surface area contributed by atoms with Crippen LogP contribution in [0.2, 0.25) is 0 Å². The average molecular weight is 503 g/mol. The van der Waals surface area contributed by atoms with Crippen LogP contribution in [0.4, 0.5) is 13.2 Å². The fraction of sp³-hybridized carbons (Fsp3) is 0.333. The first-order valence-corrected chi connectivity index (χ1v) is 11.1. The summed E-state index contributed by atoms with van der Waals surface area (Å²) in [7, 11) is 1.55. The Bertz CT molecular complexity index is 1310. The van der Waals surface area contributed by atoms with Crippen molar-refractivity contribution in [3.05, 3.63) is 70.1 Å². The molecule has 1 atom stereocenters. The number of amides is 1. The molecular weight excluding hydrogens is 479 g/mol. The second-order valence-corrected chi connectivity index (χ2v) is 8.53. The second-order valence-electron chi connectivity index (χ2n) is 8.53. The molecule has 2 heterocycles. The SMILES string of the molecule is COc1ccc(C2=C(n3nn[nH]c3=O)C(=O)N[C@](C)(c3ccc(OCCCC(F)(F)F)cc3)C2)cc1. The lowest BCUT2D eigenvalue weighted by Gasteiger charge is -2.37. The van der Waals surface area contributed by atoms with E-state index in [1.165, 1.54) is 0 Å². The van der Waals surface area contributed by atoms with Gasteiger partial charge in [-0.15, -0.1) is 0 Å². The Kier molecular flexibility index (Phi) is 6.86. The van der Waals surface area contributed by atoms with E-state index in [0.29, 0.717) is 29.1 Å². The highest BCUT2D eigenvalue weighted by atomic mass is 19.4. The van der Waals surface area contributed by atoms with Gasteiger partial charge >= 0.3 is 11.9 Å². The van der Waals surface area contributed by atoms with E-state index in [1.807, 2.05) is 6.92 Å². The normalized spacial score (nSPS) is 18.2. The Balaban J connectivity index is 1.63. The van der Waals surface area contributed by atoms with E-state index < -0.39 is 29.7 Å². The second kappa shape index (κ2) is 9.88. The maximum Gasteiger partial charge on any atom is 0.389 e. The van der Waals surface area contributed by atoms with Crippen LogP contribution in [0.15, 0.2) is 53.3 Å². The van der Waals surface area contributed by atoms with Gasteiger partial charge in [-0.1, -0.05) is 24.3 Å². The maximum atomic E-state index is 13.3. The lowest BCUT2D eigenvalue weighted by atomic mass is 9.80. The molecule has 36 heavy (non-hydrogen) atoms. The number of tetrazole rings is 1. The predicted octanol–water partition coefficient (Wildman–Crippen LogP) is 3.50. The van der Waals surface area contributed by atoms with Crippen LogP contribution in [0.5, 0.6) is 11.5 Å². The van der Waals surface area contributed by atoms with Crippen LogP contribution in [-0.4, -0.2) is 46.0 Å². The van der Waals surface area contributed by atoms with Crippen LogP contribution in [0, 0.1) is 0 Å². The summed E-state index contributed by atoms with van der Waals surface area (Å²) in [5.41, 5.74) is 0.565. The van der Waals surface area contributed by atoms with Gasteiger partial charge in [-0.2, -0.15) is 17.9 Å². The van der Waals surface area contributed by atoms with Crippen molar-refractivity contribution in [2.75, 3.05) is 13.7 Å². The van der Waals surface area contributed by atoms with Crippen molar-refractivity contribution in [3.63, 3.8) is 0 Å². The monoisotopic (exact) mass is 503 g/mol. The third-order valence-corrected chi connectivity index (χ3v) is 5.91. The fourth-order valence-corrected chi connectivity index (χ4v) is 4.08. The molecule has 0 fully saturated rings. The Morgan fingerprint density at radius 3 is 2.31 bits per heavy atom. The quantitative estimate of drug-likeness (QED) is 0.456. The summed E-state index contributed by atoms with van der Waals surface area (Å²) < 4.78 is 48.5. The third-order valence-electron chi connectivity index (χ3n) is 5.91. The molecule has 12 heteroatoms. The molecule has 0 saturated carbocycles. The van der Waals surface area contributed by atoms with Crippen molar-refractivity contribution < 1.29 is 27.4 Å².